The molecule has 2 aliphatic carbocycles. The number of carbonyl (C=O) groups is 2. The van der Waals surface area contributed by atoms with Crippen LogP contribution in [0.3, 0.4) is 0 Å². The van der Waals surface area contributed by atoms with Gasteiger partial charge in [-0.15, -0.1) is 0 Å². The molecule has 0 saturated heterocycles. The molecular weight excluding hydrogens is 466 g/mol. The van der Waals surface area contributed by atoms with Crippen LogP contribution in [0.4, 0.5) is 26.3 Å². The summed E-state index contributed by atoms with van der Waals surface area (Å²) in [5.74, 6) is -1.72. The lowest BCUT2D eigenvalue weighted by Crippen LogP contribution is -2.49. The van der Waals surface area contributed by atoms with Gasteiger partial charge in [0.25, 0.3) is 0 Å². The summed E-state index contributed by atoms with van der Waals surface area (Å²) >= 11 is 0. The molecule has 3 rings (SSSR count). The van der Waals surface area contributed by atoms with Crippen LogP contribution in [-0.4, -0.2) is 29.1 Å². The number of hydrogen-bond acceptors (Lipinski definition) is 3. The molecule has 0 bridgehead atoms. The molecule has 2 aliphatic rings. The second kappa shape index (κ2) is 9.39. The van der Waals surface area contributed by atoms with Gasteiger partial charge in [0, 0.05) is 18.6 Å². The minimum atomic E-state index is -4.95. The Hall–Kier alpha value is -2.30. The van der Waals surface area contributed by atoms with Crippen LogP contribution in [0.25, 0.3) is 0 Å². The van der Waals surface area contributed by atoms with Crippen LogP contribution in [0.2, 0.25) is 0 Å². The number of hydrogen-bond donors (Lipinski definition) is 3. The fourth-order valence-corrected chi connectivity index (χ4v) is 4.98. The normalized spacial score (nSPS) is 27.5. The van der Waals surface area contributed by atoms with E-state index in [0.717, 1.165) is 0 Å². The summed E-state index contributed by atoms with van der Waals surface area (Å²) in [4.78, 5) is 24.1. The summed E-state index contributed by atoms with van der Waals surface area (Å²) in [5.41, 5.74) is -3.94. The zero-order chi connectivity index (χ0) is 25.5. The summed E-state index contributed by atoms with van der Waals surface area (Å²) in [6.45, 7) is 3.26. The van der Waals surface area contributed by atoms with Crippen molar-refractivity contribution in [1.82, 2.24) is 10.6 Å². The van der Waals surface area contributed by atoms with Crippen molar-refractivity contribution in [1.29, 1.82) is 0 Å². The number of amides is 1. The topological polar surface area (TPSA) is 78.4 Å². The van der Waals surface area contributed by atoms with Crippen LogP contribution in [0.5, 0.6) is 0 Å². The van der Waals surface area contributed by atoms with Gasteiger partial charge in [0.15, 0.2) is 0 Å². The second-order valence-corrected chi connectivity index (χ2v) is 9.72. The third-order valence-electron chi connectivity index (χ3n) is 7.17. The summed E-state index contributed by atoms with van der Waals surface area (Å²) in [5, 5.41) is 15.0. The number of nitrogens with one attached hydrogen (secondary N) is 2. The summed E-state index contributed by atoms with van der Waals surface area (Å²) in [6.07, 6.45) is -7.23. The number of aliphatic carboxylic acids is 1. The first-order chi connectivity index (χ1) is 15.6. The Labute approximate surface area is 193 Å². The molecule has 2 fully saturated rings. The van der Waals surface area contributed by atoms with E-state index in [1.165, 1.54) is 0 Å². The molecule has 34 heavy (non-hydrogen) atoms. The zero-order valence-electron chi connectivity index (χ0n) is 18.8. The number of alkyl halides is 6. The fourth-order valence-electron chi connectivity index (χ4n) is 4.98. The standard InChI is InChI=1S/C23H28F6N2O3/c1-12(2)21(4-3-17(10-21)31-18-7-14(8-18)19(32)33)20(34)30-11-13-5-15(22(24,25)26)9-16(6-13)23(27,28)29/h5-6,9,12,14,17-18,31H,3-4,7-8,10-11H2,1-2H3,(H,30,34)(H,32,33)/t14?,17?,18?,21-/m0/s1. The van der Waals surface area contributed by atoms with Crippen molar-refractivity contribution in [2.45, 2.75) is 76.9 Å². The molecule has 11 heteroatoms. The monoisotopic (exact) mass is 494 g/mol. The molecule has 0 aromatic heterocycles. The van der Waals surface area contributed by atoms with Gasteiger partial charge in [0.1, 0.15) is 0 Å². The van der Waals surface area contributed by atoms with Gasteiger partial charge in [-0.1, -0.05) is 13.8 Å². The van der Waals surface area contributed by atoms with Crippen LogP contribution in [0.15, 0.2) is 18.2 Å². The van der Waals surface area contributed by atoms with Crippen molar-refractivity contribution in [3.05, 3.63) is 34.9 Å². The Bertz CT molecular complexity index is 892. The SMILES string of the molecule is CC(C)[C@]1(C(=O)NCc2cc(C(F)(F)F)cc(C(F)(F)F)c2)CCC(NC2CC(C(=O)O)C2)C1. The predicted octanol–water partition coefficient (Wildman–Crippen LogP) is 4.99. The molecule has 1 unspecified atom stereocenters. The number of carbonyl (C=O) groups excluding carboxylic acids is 1. The van der Waals surface area contributed by atoms with E-state index in [1.54, 1.807) is 0 Å². The van der Waals surface area contributed by atoms with E-state index in [0.29, 0.717) is 44.2 Å². The van der Waals surface area contributed by atoms with E-state index >= 15 is 0 Å². The predicted molar refractivity (Wildman–Crippen MR) is 110 cm³/mol. The van der Waals surface area contributed by atoms with E-state index in [9.17, 15) is 35.9 Å². The van der Waals surface area contributed by atoms with Gasteiger partial charge in [-0.2, -0.15) is 26.3 Å². The minimum absolute atomic E-state index is 0.0155. The maximum atomic E-state index is 13.1. The second-order valence-electron chi connectivity index (χ2n) is 9.72. The molecule has 1 amide bonds. The first-order valence-electron chi connectivity index (χ1n) is 11.2. The summed E-state index contributed by atoms with van der Waals surface area (Å²) < 4.78 is 78.6. The molecule has 1 aromatic carbocycles. The average Bonchev–Trinajstić information content (AvgIpc) is 3.12. The smallest absolute Gasteiger partial charge is 0.416 e. The van der Waals surface area contributed by atoms with Crippen LogP contribution in [0, 0.1) is 17.3 Å². The van der Waals surface area contributed by atoms with Gasteiger partial charge >= 0.3 is 18.3 Å². The van der Waals surface area contributed by atoms with Gasteiger partial charge < -0.3 is 15.7 Å². The highest BCUT2D eigenvalue weighted by molar-refractivity contribution is 5.83. The maximum Gasteiger partial charge on any atom is 0.416 e. The van der Waals surface area contributed by atoms with Crippen molar-refractivity contribution in [3.8, 4) is 0 Å². The molecule has 2 atom stereocenters. The molecule has 0 spiro atoms. The van der Waals surface area contributed by atoms with E-state index in [4.69, 9.17) is 5.11 Å². The van der Waals surface area contributed by atoms with E-state index in [2.05, 4.69) is 10.6 Å². The molecule has 0 aliphatic heterocycles. The number of halogens is 6. The van der Waals surface area contributed by atoms with Crippen LogP contribution >= 0.6 is 0 Å². The van der Waals surface area contributed by atoms with E-state index < -0.39 is 47.3 Å². The lowest BCUT2D eigenvalue weighted by molar-refractivity contribution is -0.146. The van der Waals surface area contributed by atoms with E-state index in [-0.39, 0.29) is 35.5 Å². The third-order valence-corrected chi connectivity index (χ3v) is 7.17. The lowest BCUT2D eigenvalue weighted by Gasteiger charge is -2.36. The summed E-state index contributed by atoms with van der Waals surface area (Å²) in [7, 11) is 0. The number of rotatable bonds is 7. The molecule has 190 valence electrons. The van der Waals surface area contributed by atoms with Crippen LogP contribution < -0.4 is 10.6 Å². The molecular formula is C23H28F6N2O3. The Kier molecular flexibility index (Phi) is 7.27. The van der Waals surface area contributed by atoms with Crippen molar-refractivity contribution < 1.29 is 41.0 Å². The minimum Gasteiger partial charge on any atom is -0.481 e. The molecule has 2 saturated carbocycles. The highest BCUT2D eigenvalue weighted by Crippen LogP contribution is 2.45. The first-order valence-corrected chi connectivity index (χ1v) is 11.2. The van der Waals surface area contributed by atoms with Gasteiger partial charge in [0.05, 0.1) is 22.5 Å². The third kappa shape index (κ3) is 5.67. The van der Waals surface area contributed by atoms with Crippen LogP contribution in [-0.2, 0) is 28.5 Å². The highest BCUT2D eigenvalue weighted by Gasteiger charge is 2.48. The van der Waals surface area contributed by atoms with Gasteiger partial charge in [-0.05, 0) is 61.8 Å². The number of carboxylic acid groups (broad SMARTS) is 1. The van der Waals surface area contributed by atoms with E-state index in [1.807, 2.05) is 13.8 Å². The van der Waals surface area contributed by atoms with Gasteiger partial charge in [-0.3, -0.25) is 9.59 Å². The maximum absolute atomic E-state index is 13.1. The van der Waals surface area contributed by atoms with Crippen molar-refractivity contribution >= 4 is 11.9 Å². The Morgan fingerprint density at radius 1 is 1.03 bits per heavy atom. The Morgan fingerprint density at radius 3 is 2.06 bits per heavy atom. The Balaban J connectivity index is 1.68. The Morgan fingerprint density at radius 2 is 1.59 bits per heavy atom. The molecule has 0 radical (unpaired) electrons. The average molecular weight is 494 g/mol. The molecule has 3 N–H and O–H groups in total. The van der Waals surface area contributed by atoms with Gasteiger partial charge in [0.2, 0.25) is 5.91 Å². The van der Waals surface area contributed by atoms with Crippen molar-refractivity contribution in [3.63, 3.8) is 0 Å². The zero-order valence-corrected chi connectivity index (χ0v) is 18.8. The highest BCUT2D eigenvalue weighted by atomic mass is 19.4. The largest absolute Gasteiger partial charge is 0.481 e. The molecule has 5 nitrogen and oxygen atoms in total. The summed E-state index contributed by atoms with van der Waals surface area (Å²) in [6, 6.07) is 1.34. The molecule has 0 heterocycles. The van der Waals surface area contributed by atoms with Crippen LogP contribution in [0.1, 0.15) is 62.6 Å². The van der Waals surface area contributed by atoms with Gasteiger partial charge in [-0.25, -0.2) is 0 Å². The first kappa shape index (κ1) is 26.3. The fraction of sp³-hybridized carbons (Fsp3) is 0.652. The number of carboxylic acids is 1. The number of benzene rings is 1. The van der Waals surface area contributed by atoms with Crippen molar-refractivity contribution in [2.75, 3.05) is 0 Å². The molecule has 1 aromatic rings. The lowest BCUT2D eigenvalue weighted by atomic mass is 9.74. The van der Waals surface area contributed by atoms with Crippen molar-refractivity contribution in [2.24, 2.45) is 17.3 Å². The quantitative estimate of drug-likeness (QED) is 0.467.